The summed E-state index contributed by atoms with van der Waals surface area (Å²) in [6.07, 6.45) is 15.8. The van der Waals surface area contributed by atoms with Crippen molar-refractivity contribution in [1.29, 1.82) is 0 Å². The summed E-state index contributed by atoms with van der Waals surface area (Å²) < 4.78 is 0. The van der Waals surface area contributed by atoms with Crippen LogP contribution in [0.5, 0.6) is 0 Å². The monoisotopic (exact) mass is 426 g/mol. The molecule has 0 aromatic heterocycles. The van der Waals surface area contributed by atoms with Gasteiger partial charge in [-0.15, -0.1) is 0 Å². The van der Waals surface area contributed by atoms with E-state index in [1.807, 2.05) is 5.57 Å². The van der Waals surface area contributed by atoms with E-state index in [1.165, 1.54) is 57.8 Å². The molecule has 31 heavy (non-hydrogen) atoms. The lowest BCUT2D eigenvalue weighted by atomic mass is 9.35. The van der Waals surface area contributed by atoms with Crippen molar-refractivity contribution in [2.75, 3.05) is 0 Å². The Balaban J connectivity index is 1.56. The molecule has 0 saturated heterocycles. The maximum atomic E-state index is 10.9. The predicted molar refractivity (Wildman–Crippen MR) is 131 cm³/mol. The molecule has 5 aliphatic carbocycles. The van der Waals surface area contributed by atoms with Gasteiger partial charge in [0, 0.05) is 0 Å². The third kappa shape index (κ3) is 2.83. The molecule has 0 aromatic carbocycles. The zero-order chi connectivity index (χ0) is 22.7. The Morgan fingerprint density at radius 3 is 2.00 bits per heavy atom. The first-order valence-electron chi connectivity index (χ1n) is 13.6. The third-order valence-corrected chi connectivity index (χ3v) is 12.7. The summed E-state index contributed by atoms with van der Waals surface area (Å²) in [6.45, 7) is 20.4. The van der Waals surface area contributed by atoms with Crippen molar-refractivity contribution in [2.24, 2.45) is 50.2 Å². The Hall–Kier alpha value is -0.300. The van der Waals surface area contributed by atoms with E-state index in [2.05, 4.69) is 61.5 Å². The fourth-order valence-electron chi connectivity index (χ4n) is 10.8. The highest BCUT2D eigenvalue weighted by molar-refractivity contribution is 5.34. The minimum atomic E-state index is -0.122. The minimum absolute atomic E-state index is 0.0575. The van der Waals surface area contributed by atoms with Crippen molar-refractivity contribution in [2.45, 2.75) is 126 Å². The van der Waals surface area contributed by atoms with Crippen molar-refractivity contribution >= 4 is 0 Å². The lowest BCUT2D eigenvalue weighted by Crippen LogP contribution is -2.63. The van der Waals surface area contributed by atoms with Crippen LogP contribution in [-0.4, -0.2) is 11.2 Å². The molecule has 1 heteroatoms. The van der Waals surface area contributed by atoms with Gasteiger partial charge in [0.05, 0.1) is 6.10 Å². The highest BCUT2D eigenvalue weighted by Gasteiger charge is 2.66. The molecule has 1 N–H and O–H groups in total. The number of aliphatic hydroxyl groups is 1. The summed E-state index contributed by atoms with van der Waals surface area (Å²) >= 11 is 0. The van der Waals surface area contributed by atoms with Crippen LogP contribution in [0.2, 0.25) is 0 Å². The molecule has 1 nitrogen and oxygen atoms in total. The summed E-state index contributed by atoms with van der Waals surface area (Å²) in [4.78, 5) is 0. The molecule has 0 radical (unpaired) electrons. The maximum absolute atomic E-state index is 10.9. The second-order valence-electron chi connectivity index (χ2n) is 15.3. The lowest BCUT2D eigenvalue weighted by Gasteiger charge is -2.70. The number of hydrogen-bond donors (Lipinski definition) is 1. The van der Waals surface area contributed by atoms with E-state index in [0.29, 0.717) is 33.0 Å². The molecule has 3 unspecified atom stereocenters. The van der Waals surface area contributed by atoms with Gasteiger partial charge in [-0.3, -0.25) is 0 Å². The molecule has 4 saturated carbocycles. The van der Waals surface area contributed by atoms with Gasteiger partial charge in [-0.2, -0.15) is 0 Å². The average molecular weight is 427 g/mol. The number of rotatable bonds is 0. The van der Waals surface area contributed by atoms with Gasteiger partial charge in [0.25, 0.3) is 0 Å². The Morgan fingerprint density at radius 1 is 0.710 bits per heavy atom. The molecule has 4 fully saturated rings. The molecular formula is C30H50O. The molecule has 0 bridgehead atoms. The summed E-state index contributed by atoms with van der Waals surface area (Å²) in [7, 11) is 0. The van der Waals surface area contributed by atoms with E-state index in [-0.39, 0.29) is 11.5 Å². The maximum Gasteiger partial charge on any atom is 0.0594 e. The summed E-state index contributed by atoms with van der Waals surface area (Å²) in [6, 6.07) is 0. The van der Waals surface area contributed by atoms with E-state index >= 15 is 0 Å². The van der Waals surface area contributed by atoms with Gasteiger partial charge < -0.3 is 5.11 Å². The molecule has 5 rings (SSSR count). The lowest BCUT2D eigenvalue weighted by molar-refractivity contribution is -0.184. The van der Waals surface area contributed by atoms with Crippen LogP contribution in [-0.2, 0) is 0 Å². The first-order valence-corrected chi connectivity index (χ1v) is 13.6. The van der Waals surface area contributed by atoms with Crippen LogP contribution in [0.25, 0.3) is 0 Å². The van der Waals surface area contributed by atoms with Crippen molar-refractivity contribution < 1.29 is 5.11 Å². The number of aliphatic hydroxyl groups excluding tert-OH is 1. The third-order valence-electron chi connectivity index (χ3n) is 12.7. The van der Waals surface area contributed by atoms with Gasteiger partial charge >= 0.3 is 0 Å². The van der Waals surface area contributed by atoms with E-state index in [9.17, 15) is 5.11 Å². The van der Waals surface area contributed by atoms with E-state index in [1.54, 1.807) is 0 Å². The summed E-state index contributed by atoms with van der Waals surface area (Å²) in [5.41, 5.74) is 4.07. The molecule has 176 valence electrons. The van der Waals surface area contributed by atoms with Gasteiger partial charge in [0.2, 0.25) is 0 Å². The van der Waals surface area contributed by atoms with Crippen molar-refractivity contribution in [3.8, 4) is 0 Å². The zero-order valence-corrected chi connectivity index (χ0v) is 21.9. The normalized spacial score (nSPS) is 55.2. The van der Waals surface area contributed by atoms with E-state index in [0.717, 1.165) is 18.3 Å². The fraction of sp³-hybridized carbons (Fsp3) is 0.933. The molecule has 0 amide bonds. The zero-order valence-electron chi connectivity index (χ0n) is 21.9. The molecule has 0 spiro atoms. The Labute approximate surface area is 192 Å². The van der Waals surface area contributed by atoms with Gasteiger partial charge in [-0.25, -0.2) is 0 Å². The second-order valence-corrected chi connectivity index (χ2v) is 15.3. The Kier molecular flexibility index (Phi) is 4.66. The molecule has 8 atom stereocenters. The second kappa shape index (κ2) is 6.43. The first kappa shape index (κ1) is 22.5. The van der Waals surface area contributed by atoms with Crippen molar-refractivity contribution in [3.63, 3.8) is 0 Å². The van der Waals surface area contributed by atoms with Crippen LogP contribution in [0.4, 0.5) is 0 Å². The van der Waals surface area contributed by atoms with Gasteiger partial charge in [0.1, 0.15) is 0 Å². The smallest absolute Gasteiger partial charge is 0.0594 e. The van der Waals surface area contributed by atoms with Crippen LogP contribution in [0, 0.1) is 50.2 Å². The van der Waals surface area contributed by atoms with Crippen LogP contribution in [0.3, 0.4) is 0 Å². The Bertz CT molecular complexity index is 790. The van der Waals surface area contributed by atoms with Gasteiger partial charge in [0.15, 0.2) is 0 Å². The Morgan fingerprint density at radius 2 is 1.32 bits per heavy atom. The number of allylic oxidation sites excluding steroid dienone is 2. The van der Waals surface area contributed by atoms with Crippen molar-refractivity contribution in [3.05, 3.63) is 11.6 Å². The van der Waals surface area contributed by atoms with Gasteiger partial charge in [-0.1, -0.05) is 67.0 Å². The van der Waals surface area contributed by atoms with Crippen molar-refractivity contribution in [1.82, 2.24) is 0 Å². The fourth-order valence-corrected chi connectivity index (χ4v) is 10.8. The molecule has 5 aliphatic rings. The highest BCUT2D eigenvalue weighted by Crippen LogP contribution is 2.74. The van der Waals surface area contributed by atoms with E-state index in [4.69, 9.17) is 0 Å². The quantitative estimate of drug-likeness (QED) is 0.387. The van der Waals surface area contributed by atoms with E-state index < -0.39 is 0 Å². The SMILES string of the molecule is CC1(C)CC[C@]2(C)CC=C3[C@]4(C)CCC5C(C)(C)[C@@H](O)CC[C@]5(C)C4CC[C@@]3(C)C2C1. The molecule has 0 aromatic rings. The predicted octanol–water partition coefficient (Wildman–Crippen LogP) is 8.17. The average Bonchev–Trinajstić information content (AvgIpc) is 2.66. The van der Waals surface area contributed by atoms with Crippen LogP contribution < -0.4 is 0 Å². The summed E-state index contributed by atoms with van der Waals surface area (Å²) in [5.74, 6) is 2.29. The van der Waals surface area contributed by atoms with Crippen LogP contribution >= 0.6 is 0 Å². The first-order chi connectivity index (χ1) is 14.2. The topological polar surface area (TPSA) is 20.2 Å². The standard InChI is InChI=1S/C30H50O/c1-25(2)17-18-27(5)13-9-21-29(7)14-10-20-26(3,4)24(31)12-16-28(20,6)22(29)11-15-30(21,8)23(27)19-25/h9,20,22-24,31H,10-19H2,1-8H3/t20?,22?,23?,24-,27-,28-,29-,30+/m0/s1. The molecule has 0 aliphatic heterocycles. The van der Waals surface area contributed by atoms with Crippen LogP contribution in [0.15, 0.2) is 11.6 Å². The largest absolute Gasteiger partial charge is 0.393 e. The van der Waals surface area contributed by atoms with Crippen LogP contribution in [0.1, 0.15) is 120 Å². The highest BCUT2D eigenvalue weighted by atomic mass is 16.3. The molecule has 0 heterocycles. The molecular weight excluding hydrogens is 376 g/mol. The number of hydrogen-bond acceptors (Lipinski definition) is 1. The summed E-state index contributed by atoms with van der Waals surface area (Å²) in [5, 5.41) is 10.9. The number of fused-ring (bicyclic) bond motifs is 7. The minimum Gasteiger partial charge on any atom is -0.393 e. The van der Waals surface area contributed by atoms with Gasteiger partial charge in [-0.05, 0) is 114 Å².